The van der Waals surface area contributed by atoms with E-state index in [-0.39, 0.29) is 16.0 Å². The van der Waals surface area contributed by atoms with Crippen molar-refractivity contribution in [2.75, 3.05) is 0 Å². The van der Waals surface area contributed by atoms with Gasteiger partial charge < -0.3 is 0 Å². The van der Waals surface area contributed by atoms with Crippen LogP contribution in [0.15, 0.2) is 23.1 Å². The normalized spacial score (nSPS) is 13.1. The maximum absolute atomic E-state index is 12.3. The highest BCUT2D eigenvalue weighted by Crippen LogP contribution is 2.23. The van der Waals surface area contributed by atoms with Crippen molar-refractivity contribution in [2.45, 2.75) is 51.0 Å². The van der Waals surface area contributed by atoms with Crippen molar-refractivity contribution in [3.63, 3.8) is 0 Å². The number of halogens is 1. The molecule has 0 aliphatic heterocycles. The van der Waals surface area contributed by atoms with Gasteiger partial charge in [-0.2, -0.15) is 5.26 Å². The highest BCUT2D eigenvalue weighted by molar-refractivity contribution is 7.89. The fourth-order valence-electron chi connectivity index (χ4n) is 2.01. The standard InChI is InChI=1S/C15H21ClN2O2S/c1-11(2)5-4-6-12(3)18-21(19,20)15-8-7-13(10-17)9-14(15)16/h7-9,11-12,18H,4-6H2,1-3H3. The van der Waals surface area contributed by atoms with Crippen LogP contribution in [0.2, 0.25) is 5.02 Å². The van der Waals surface area contributed by atoms with E-state index in [9.17, 15) is 8.42 Å². The van der Waals surface area contributed by atoms with Crippen LogP contribution in [0.3, 0.4) is 0 Å². The summed E-state index contributed by atoms with van der Waals surface area (Å²) >= 11 is 5.95. The quantitative estimate of drug-likeness (QED) is 0.829. The first-order valence-corrected chi connectivity index (χ1v) is 8.84. The number of rotatable bonds is 7. The van der Waals surface area contributed by atoms with Gasteiger partial charge in [-0.3, -0.25) is 0 Å². The molecule has 4 nitrogen and oxygen atoms in total. The smallest absolute Gasteiger partial charge is 0.208 e. The van der Waals surface area contributed by atoms with E-state index in [1.165, 1.54) is 18.2 Å². The molecule has 0 saturated carbocycles. The maximum Gasteiger partial charge on any atom is 0.242 e. The molecule has 1 rings (SSSR count). The van der Waals surface area contributed by atoms with Crippen molar-refractivity contribution in [2.24, 2.45) is 5.92 Å². The van der Waals surface area contributed by atoms with Gasteiger partial charge in [0.15, 0.2) is 0 Å². The third-order valence-electron chi connectivity index (χ3n) is 3.13. The molecule has 6 heteroatoms. The molecular formula is C15H21ClN2O2S. The molecule has 0 fully saturated rings. The van der Waals surface area contributed by atoms with Gasteiger partial charge in [0.05, 0.1) is 16.7 Å². The van der Waals surface area contributed by atoms with Crippen molar-refractivity contribution in [1.82, 2.24) is 4.72 Å². The average Bonchev–Trinajstić information content (AvgIpc) is 2.36. The Bertz CT molecular complexity index is 621. The molecule has 0 aliphatic carbocycles. The monoisotopic (exact) mass is 328 g/mol. The summed E-state index contributed by atoms with van der Waals surface area (Å²) in [4.78, 5) is 0.0128. The van der Waals surface area contributed by atoms with Crippen LogP contribution in [0.5, 0.6) is 0 Å². The van der Waals surface area contributed by atoms with Crippen LogP contribution in [-0.4, -0.2) is 14.5 Å². The predicted octanol–water partition coefficient (Wildman–Crippen LogP) is 3.70. The number of benzene rings is 1. The zero-order valence-corrected chi connectivity index (χ0v) is 14.1. The Hall–Kier alpha value is -1.09. The summed E-state index contributed by atoms with van der Waals surface area (Å²) in [5.74, 6) is 0.613. The summed E-state index contributed by atoms with van der Waals surface area (Å²) in [7, 11) is -3.66. The number of sulfonamides is 1. The van der Waals surface area contributed by atoms with Gasteiger partial charge in [-0.25, -0.2) is 13.1 Å². The summed E-state index contributed by atoms with van der Waals surface area (Å²) in [5.41, 5.74) is 0.337. The lowest BCUT2D eigenvalue weighted by Crippen LogP contribution is -2.32. The Morgan fingerprint density at radius 1 is 1.29 bits per heavy atom. The van der Waals surface area contributed by atoms with Crippen LogP contribution in [0, 0.1) is 17.2 Å². The summed E-state index contributed by atoms with van der Waals surface area (Å²) < 4.78 is 27.2. The van der Waals surface area contributed by atoms with E-state index in [0.29, 0.717) is 11.5 Å². The van der Waals surface area contributed by atoms with E-state index >= 15 is 0 Å². The molecule has 1 aromatic rings. The van der Waals surface area contributed by atoms with Crippen LogP contribution in [0.4, 0.5) is 0 Å². The molecule has 1 atom stereocenters. The number of nitrogens with zero attached hydrogens (tertiary/aromatic N) is 1. The molecular weight excluding hydrogens is 308 g/mol. The molecule has 0 radical (unpaired) electrons. The summed E-state index contributed by atoms with van der Waals surface area (Å²) in [5, 5.41) is 8.83. The lowest BCUT2D eigenvalue weighted by molar-refractivity contribution is 0.488. The zero-order valence-electron chi connectivity index (χ0n) is 12.6. The van der Waals surface area contributed by atoms with Gasteiger partial charge in [0.25, 0.3) is 0 Å². The Morgan fingerprint density at radius 3 is 2.48 bits per heavy atom. The van der Waals surface area contributed by atoms with E-state index in [1.807, 2.05) is 13.0 Å². The Balaban J connectivity index is 2.75. The topological polar surface area (TPSA) is 70.0 Å². The van der Waals surface area contributed by atoms with Crippen LogP contribution in [0.25, 0.3) is 0 Å². The van der Waals surface area contributed by atoms with Crippen molar-refractivity contribution >= 4 is 21.6 Å². The predicted molar refractivity (Wildman–Crippen MR) is 84.6 cm³/mol. The Kier molecular flexibility index (Phi) is 6.66. The largest absolute Gasteiger partial charge is 0.242 e. The molecule has 1 N–H and O–H groups in total. The van der Waals surface area contributed by atoms with Gasteiger partial charge in [-0.15, -0.1) is 0 Å². The highest BCUT2D eigenvalue weighted by Gasteiger charge is 2.20. The average molecular weight is 329 g/mol. The van der Waals surface area contributed by atoms with E-state index in [0.717, 1.165) is 19.3 Å². The molecule has 1 aromatic carbocycles. The number of hydrogen-bond donors (Lipinski definition) is 1. The van der Waals surface area contributed by atoms with Gasteiger partial charge in [0.2, 0.25) is 10.0 Å². The molecule has 0 bridgehead atoms. The highest BCUT2D eigenvalue weighted by atomic mass is 35.5. The molecule has 0 heterocycles. The first kappa shape index (κ1) is 18.0. The van der Waals surface area contributed by atoms with Crippen LogP contribution >= 0.6 is 11.6 Å². The molecule has 116 valence electrons. The van der Waals surface area contributed by atoms with Crippen LogP contribution < -0.4 is 4.72 Å². The summed E-state index contributed by atoms with van der Waals surface area (Å²) in [6.45, 7) is 6.13. The molecule has 0 amide bonds. The third-order valence-corrected chi connectivity index (χ3v) is 5.20. The zero-order chi connectivity index (χ0) is 16.0. The summed E-state index contributed by atoms with van der Waals surface area (Å²) in [6.07, 6.45) is 2.83. The van der Waals surface area contributed by atoms with E-state index < -0.39 is 10.0 Å². The van der Waals surface area contributed by atoms with Crippen LogP contribution in [0.1, 0.15) is 45.6 Å². The Labute approximate surface area is 132 Å². The van der Waals surface area contributed by atoms with Gasteiger partial charge in [0.1, 0.15) is 4.90 Å². The minimum absolute atomic E-state index is 0.0128. The van der Waals surface area contributed by atoms with Crippen molar-refractivity contribution in [3.8, 4) is 6.07 Å². The Morgan fingerprint density at radius 2 is 1.95 bits per heavy atom. The van der Waals surface area contributed by atoms with Gasteiger partial charge in [-0.05, 0) is 37.5 Å². The molecule has 0 aliphatic rings. The first-order chi connectivity index (χ1) is 9.76. The summed E-state index contributed by atoms with van der Waals surface area (Å²) in [6, 6.07) is 5.95. The van der Waals surface area contributed by atoms with E-state index in [1.54, 1.807) is 0 Å². The molecule has 1 unspecified atom stereocenters. The maximum atomic E-state index is 12.3. The fourth-order valence-corrected chi connectivity index (χ4v) is 3.83. The van der Waals surface area contributed by atoms with E-state index in [2.05, 4.69) is 18.6 Å². The number of nitriles is 1. The van der Waals surface area contributed by atoms with Crippen molar-refractivity contribution < 1.29 is 8.42 Å². The SMILES string of the molecule is CC(C)CCCC(C)NS(=O)(=O)c1ccc(C#N)cc1Cl. The second kappa shape index (κ2) is 7.79. The minimum atomic E-state index is -3.66. The minimum Gasteiger partial charge on any atom is -0.208 e. The number of nitrogens with one attached hydrogen (secondary N) is 1. The fraction of sp³-hybridized carbons (Fsp3) is 0.533. The molecule has 0 saturated heterocycles. The first-order valence-electron chi connectivity index (χ1n) is 6.98. The third kappa shape index (κ3) is 5.66. The molecule has 0 aromatic heterocycles. The second-order valence-electron chi connectivity index (χ2n) is 5.60. The number of hydrogen-bond acceptors (Lipinski definition) is 3. The lowest BCUT2D eigenvalue weighted by atomic mass is 10.0. The molecule has 21 heavy (non-hydrogen) atoms. The second-order valence-corrected chi connectivity index (χ2v) is 7.69. The van der Waals surface area contributed by atoms with Crippen molar-refractivity contribution in [1.29, 1.82) is 5.26 Å². The van der Waals surface area contributed by atoms with Gasteiger partial charge in [0, 0.05) is 6.04 Å². The molecule has 0 spiro atoms. The van der Waals surface area contributed by atoms with Gasteiger partial charge in [-0.1, -0.05) is 38.3 Å². The lowest BCUT2D eigenvalue weighted by Gasteiger charge is -2.15. The van der Waals surface area contributed by atoms with Crippen molar-refractivity contribution in [3.05, 3.63) is 28.8 Å². The van der Waals surface area contributed by atoms with Gasteiger partial charge >= 0.3 is 0 Å². The van der Waals surface area contributed by atoms with E-state index in [4.69, 9.17) is 16.9 Å². The van der Waals surface area contributed by atoms with Crippen LogP contribution in [-0.2, 0) is 10.0 Å².